The molecule has 2 aromatic rings. The fourth-order valence-electron chi connectivity index (χ4n) is 4.90. The van der Waals surface area contributed by atoms with Crippen LogP contribution in [-0.4, -0.2) is 38.0 Å². The largest absolute Gasteiger partial charge is 0.341 e. The SMILES string of the molecule is CC(C)CC(=O)N1CC[C@@H](n2c(=O)n(CC3CCCCC3)c3cccnc32)C1. The summed E-state index contributed by atoms with van der Waals surface area (Å²) in [5.41, 5.74) is 1.75. The highest BCUT2D eigenvalue weighted by Crippen LogP contribution is 2.28. The Morgan fingerprint density at radius 2 is 2.00 bits per heavy atom. The molecule has 3 heterocycles. The molecule has 0 spiro atoms. The third kappa shape index (κ3) is 3.74. The van der Waals surface area contributed by atoms with E-state index in [0.29, 0.717) is 24.8 Å². The van der Waals surface area contributed by atoms with Crippen molar-refractivity contribution in [3.63, 3.8) is 0 Å². The maximum atomic E-state index is 13.4. The van der Waals surface area contributed by atoms with Gasteiger partial charge in [-0.1, -0.05) is 33.1 Å². The third-order valence-corrected chi connectivity index (χ3v) is 6.35. The highest BCUT2D eigenvalue weighted by Gasteiger charge is 2.31. The topological polar surface area (TPSA) is 60.1 Å². The number of likely N-dealkylation sites (tertiary alicyclic amines) is 1. The number of nitrogens with zero attached hydrogens (tertiary/aromatic N) is 4. The molecule has 2 aliphatic rings. The van der Waals surface area contributed by atoms with Gasteiger partial charge in [-0.2, -0.15) is 0 Å². The number of aromatic nitrogens is 3. The van der Waals surface area contributed by atoms with Gasteiger partial charge in [-0.15, -0.1) is 0 Å². The first kappa shape index (κ1) is 19.2. The molecular weight excluding hydrogens is 352 g/mol. The lowest BCUT2D eigenvalue weighted by Gasteiger charge is -2.21. The molecule has 1 saturated heterocycles. The maximum Gasteiger partial charge on any atom is 0.330 e. The number of carbonyl (C=O) groups excluding carboxylic acids is 1. The van der Waals surface area contributed by atoms with Crippen LogP contribution in [0.5, 0.6) is 0 Å². The smallest absolute Gasteiger partial charge is 0.330 e. The Kier molecular flexibility index (Phi) is 5.56. The molecule has 28 heavy (non-hydrogen) atoms. The number of hydrogen-bond acceptors (Lipinski definition) is 3. The quantitative estimate of drug-likeness (QED) is 0.791. The Balaban J connectivity index is 1.62. The summed E-state index contributed by atoms with van der Waals surface area (Å²) in [6.45, 7) is 6.27. The van der Waals surface area contributed by atoms with Crippen LogP contribution in [0, 0.1) is 11.8 Å². The lowest BCUT2D eigenvalue weighted by molar-refractivity contribution is -0.131. The summed E-state index contributed by atoms with van der Waals surface area (Å²) in [4.78, 5) is 32.3. The van der Waals surface area contributed by atoms with Gasteiger partial charge in [0.1, 0.15) is 0 Å². The second-order valence-corrected chi connectivity index (χ2v) is 8.99. The van der Waals surface area contributed by atoms with Gasteiger partial charge in [0.05, 0.1) is 11.6 Å². The summed E-state index contributed by atoms with van der Waals surface area (Å²) >= 11 is 0. The Labute approximate surface area is 166 Å². The normalized spacial score (nSPS) is 21.1. The first-order valence-corrected chi connectivity index (χ1v) is 10.9. The zero-order valence-corrected chi connectivity index (χ0v) is 17.1. The molecule has 1 saturated carbocycles. The molecule has 4 rings (SSSR count). The number of carbonyl (C=O) groups is 1. The molecule has 0 unspecified atom stereocenters. The molecule has 1 amide bonds. The first-order valence-electron chi connectivity index (χ1n) is 10.9. The number of pyridine rings is 1. The van der Waals surface area contributed by atoms with Gasteiger partial charge in [-0.25, -0.2) is 9.78 Å². The molecule has 0 N–H and O–H groups in total. The van der Waals surface area contributed by atoms with Crippen LogP contribution in [0.15, 0.2) is 23.1 Å². The standard InChI is InChI=1S/C22H32N4O2/c1-16(2)13-20(27)24-12-10-18(15-24)26-21-19(9-6-11-23-21)25(22(26)28)14-17-7-4-3-5-8-17/h6,9,11,16-18H,3-5,7-8,10,12-15H2,1-2H3/t18-/m1/s1. The molecule has 6 heteroatoms. The fourth-order valence-corrected chi connectivity index (χ4v) is 4.90. The molecule has 2 aromatic heterocycles. The summed E-state index contributed by atoms with van der Waals surface area (Å²) in [5.74, 6) is 1.14. The van der Waals surface area contributed by atoms with Crippen molar-refractivity contribution >= 4 is 17.1 Å². The second kappa shape index (κ2) is 8.10. The van der Waals surface area contributed by atoms with E-state index in [2.05, 4.69) is 18.8 Å². The Morgan fingerprint density at radius 1 is 1.21 bits per heavy atom. The van der Waals surface area contributed by atoms with Crippen molar-refractivity contribution in [2.75, 3.05) is 13.1 Å². The van der Waals surface area contributed by atoms with E-state index in [4.69, 9.17) is 0 Å². The van der Waals surface area contributed by atoms with Crippen molar-refractivity contribution < 1.29 is 4.79 Å². The zero-order chi connectivity index (χ0) is 19.7. The molecule has 1 atom stereocenters. The van der Waals surface area contributed by atoms with Gasteiger partial charge in [0.15, 0.2) is 5.65 Å². The minimum atomic E-state index is 0.0219. The van der Waals surface area contributed by atoms with E-state index in [1.54, 1.807) is 6.20 Å². The molecule has 0 radical (unpaired) electrons. The van der Waals surface area contributed by atoms with Gasteiger partial charge in [0.2, 0.25) is 5.91 Å². The summed E-state index contributed by atoms with van der Waals surface area (Å²) < 4.78 is 3.80. The number of rotatable bonds is 5. The van der Waals surface area contributed by atoms with E-state index in [1.165, 1.54) is 32.1 Å². The number of amides is 1. The molecule has 1 aliphatic heterocycles. The van der Waals surface area contributed by atoms with Gasteiger partial charge in [0.25, 0.3) is 0 Å². The van der Waals surface area contributed by atoms with E-state index in [1.807, 2.05) is 26.2 Å². The predicted octanol–water partition coefficient (Wildman–Crippen LogP) is 3.60. The van der Waals surface area contributed by atoms with Crippen molar-refractivity contribution in [2.24, 2.45) is 11.8 Å². The third-order valence-electron chi connectivity index (χ3n) is 6.35. The summed E-state index contributed by atoms with van der Waals surface area (Å²) in [7, 11) is 0. The van der Waals surface area contributed by atoms with E-state index >= 15 is 0 Å². The van der Waals surface area contributed by atoms with Crippen LogP contribution in [0.3, 0.4) is 0 Å². The van der Waals surface area contributed by atoms with Crippen LogP contribution in [0.2, 0.25) is 0 Å². The van der Waals surface area contributed by atoms with Crippen molar-refractivity contribution in [2.45, 2.75) is 71.4 Å². The van der Waals surface area contributed by atoms with E-state index in [0.717, 1.165) is 30.7 Å². The van der Waals surface area contributed by atoms with Gasteiger partial charge in [-0.3, -0.25) is 13.9 Å². The zero-order valence-electron chi connectivity index (χ0n) is 17.1. The van der Waals surface area contributed by atoms with Crippen LogP contribution >= 0.6 is 0 Å². The molecular formula is C22H32N4O2. The van der Waals surface area contributed by atoms with Crippen molar-refractivity contribution in [3.8, 4) is 0 Å². The van der Waals surface area contributed by atoms with Crippen LogP contribution in [0.1, 0.15) is 64.8 Å². The first-order chi connectivity index (χ1) is 13.5. The number of hydrogen-bond donors (Lipinski definition) is 0. The van der Waals surface area contributed by atoms with Gasteiger partial charge in [-0.05, 0) is 43.2 Å². The average molecular weight is 385 g/mol. The van der Waals surface area contributed by atoms with Gasteiger partial charge < -0.3 is 4.90 Å². The summed E-state index contributed by atoms with van der Waals surface area (Å²) in [5, 5.41) is 0. The molecule has 152 valence electrons. The number of imidazole rings is 1. The molecule has 6 nitrogen and oxygen atoms in total. The van der Waals surface area contributed by atoms with Crippen LogP contribution in [0.25, 0.3) is 11.2 Å². The Morgan fingerprint density at radius 3 is 2.75 bits per heavy atom. The van der Waals surface area contributed by atoms with Crippen LogP contribution in [0.4, 0.5) is 0 Å². The van der Waals surface area contributed by atoms with Crippen molar-refractivity contribution in [3.05, 3.63) is 28.8 Å². The molecule has 0 aromatic carbocycles. The van der Waals surface area contributed by atoms with Gasteiger partial charge >= 0.3 is 5.69 Å². The lowest BCUT2D eigenvalue weighted by Crippen LogP contribution is -2.33. The maximum absolute atomic E-state index is 13.4. The average Bonchev–Trinajstić information content (AvgIpc) is 3.26. The monoisotopic (exact) mass is 384 g/mol. The van der Waals surface area contributed by atoms with Crippen LogP contribution in [-0.2, 0) is 11.3 Å². The molecule has 2 fully saturated rings. The predicted molar refractivity (Wildman–Crippen MR) is 110 cm³/mol. The molecule has 1 aliphatic carbocycles. The fraction of sp³-hybridized carbons (Fsp3) is 0.682. The van der Waals surface area contributed by atoms with E-state index in [-0.39, 0.29) is 17.6 Å². The summed E-state index contributed by atoms with van der Waals surface area (Å²) in [6, 6.07) is 3.95. The Hall–Kier alpha value is -2.11. The molecule has 0 bridgehead atoms. The van der Waals surface area contributed by atoms with E-state index < -0.39 is 0 Å². The van der Waals surface area contributed by atoms with Crippen LogP contribution < -0.4 is 5.69 Å². The lowest BCUT2D eigenvalue weighted by atomic mass is 9.89. The van der Waals surface area contributed by atoms with Crippen molar-refractivity contribution in [1.82, 2.24) is 19.0 Å². The minimum Gasteiger partial charge on any atom is -0.341 e. The van der Waals surface area contributed by atoms with Gasteiger partial charge in [0, 0.05) is 32.3 Å². The second-order valence-electron chi connectivity index (χ2n) is 8.99. The summed E-state index contributed by atoms with van der Waals surface area (Å²) in [6.07, 6.45) is 9.43. The Bertz CT molecular complexity index is 892. The van der Waals surface area contributed by atoms with E-state index in [9.17, 15) is 9.59 Å². The number of fused-ring (bicyclic) bond motifs is 1. The van der Waals surface area contributed by atoms with Crippen molar-refractivity contribution in [1.29, 1.82) is 0 Å². The highest BCUT2D eigenvalue weighted by atomic mass is 16.2. The highest BCUT2D eigenvalue weighted by molar-refractivity contribution is 5.77. The minimum absolute atomic E-state index is 0.0219.